The number of hydrogen-bond donors (Lipinski definition) is 8. The summed E-state index contributed by atoms with van der Waals surface area (Å²) in [6.45, 7) is 0.612. The number of carbonyl (C=O) groups excluding carboxylic acids is 1. The van der Waals surface area contributed by atoms with Gasteiger partial charge >= 0.3 is 17.9 Å². The summed E-state index contributed by atoms with van der Waals surface area (Å²) in [7, 11) is 0. The van der Waals surface area contributed by atoms with E-state index in [1.807, 2.05) is 0 Å². The van der Waals surface area contributed by atoms with E-state index in [9.17, 15) is 34.5 Å². The van der Waals surface area contributed by atoms with Gasteiger partial charge in [-0.2, -0.15) is 11.1 Å². The average molecular weight is 561 g/mol. The maximum atomic E-state index is 11.8. The molecule has 13 heteroatoms. The Labute approximate surface area is 200 Å². The van der Waals surface area contributed by atoms with Crippen LogP contribution in [0.25, 0.3) is 0 Å². The molecule has 0 aromatic carbocycles. The molecule has 0 spiro atoms. The van der Waals surface area contributed by atoms with Crippen molar-refractivity contribution in [1.29, 1.82) is 0 Å². The van der Waals surface area contributed by atoms with E-state index in [2.05, 4.69) is 21.9 Å². The number of carboxylic acids is 3. The van der Waals surface area contributed by atoms with Crippen molar-refractivity contribution in [1.82, 2.24) is 21.9 Å². The van der Waals surface area contributed by atoms with Gasteiger partial charge in [-0.3, -0.25) is 19.2 Å². The molecule has 168 valence electrons. The van der Waals surface area contributed by atoms with Gasteiger partial charge in [-0.1, -0.05) is 19.3 Å². The summed E-state index contributed by atoms with van der Waals surface area (Å²) >= 11 is 0. The quantitative estimate of drug-likeness (QED) is 0.182. The zero-order valence-corrected chi connectivity index (χ0v) is 18.2. The van der Waals surface area contributed by atoms with Crippen molar-refractivity contribution in [2.75, 3.05) is 6.54 Å². The fourth-order valence-corrected chi connectivity index (χ4v) is 3.90. The second-order valence-corrected chi connectivity index (χ2v) is 7.18. The molecule has 0 radical (unpaired) electrons. The van der Waals surface area contributed by atoms with Gasteiger partial charge in [-0.15, -0.1) is 0 Å². The van der Waals surface area contributed by atoms with Crippen LogP contribution in [0.4, 0.5) is 0 Å². The smallest absolute Gasteiger partial charge is 0.305 e. The van der Waals surface area contributed by atoms with Gasteiger partial charge < -0.3 is 21.1 Å². The summed E-state index contributed by atoms with van der Waals surface area (Å²) in [4.78, 5) is 46.8. The van der Waals surface area contributed by atoms with Crippen molar-refractivity contribution in [2.24, 2.45) is 11.1 Å². The molecule has 12 nitrogen and oxygen atoms in total. The van der Waals surface area contributed by atoms with E-state index in [0.717, 1.165) is 12.8 Å². The molecule has 0 bridgehead atoms. The zero-order valence-electron chi connectivity index (χ0n) is 16.0. The van der Waals surface area contributed by atoms with Gasteiger partial charge in [0.05, 0.1) is 24.8 Å². The number of amides is 1. The molecule has 1 atom stereocenters. The predicted octanol–water partition coefficient (Wildman–Crippen LogP) is -0.921. The van der Waals surface area contributed by atoms with Gasteiger partial charge in [-0.25, -0.2) is 10.9 Å². The molecule has 0 aromatic heterocycles. The average Bonchev–Trinajstić information content (AvgIpc) is 2.52. The number of rotatable bonds is 8. The first-order valence-corrected chi connectivity index (χ1v) is 9.06. The first kappa shape index (κ1) is 28.0. The molecule has 1 fully saturated rings. The molecule has 1 heterocycles. The summed E-state index contributed by atoms with van der Waals surface area (Å²) in [6, 6.07) is 0. The van der Waals surface area contributed by atoms with Crippen LogP contribution in [0.15, 0.2) is 0 Å². The number of nitrogens with one attached hydrogen (secondary N) is 4. The van der Waals surface area contributed by atoms with Crippen molar-refractivity contribution in [3.8, 4) is 0 Å². The molecule has 0 aromatic rings. The van der Waals surface area contributed by atoms with Crippen LogP contribution in [0.2, 0.25) is 0 Å². The Morgan fingerprint density at radius 3 is 1.86 bits per heavy atom. The maximum Gasteiger partial charge on any atom is 0.305 e. The Morgan fingerprint density at radius 2 is 1.34 bits per heavy atom. The second-order valence-electron chi connectivity index (χ2n) is 7.18. The SMILES string of the molecule is NC(=O)CC1(CC(=O)O)CCCCCCNNNNC1(CC(=O)O)CC(=O)O.[Gd]. The monoisotopic (exact) mass is 561 g/mol. The molecule has 29 heavy (non-hydrogen) atoms. The van der Waals surface area contributed by atoms with Crippen LogP contribution in [-0.4, -0.2) is 51.2 Å². The summed E-state index contributed by atoms with van der Waals surface area (Å²) in [6.07, 6.45) is 0.467. The van der Waals surface area contributed by atoms with E-state index < -0.39 is 60.5 Å². The van der Waals surface area contributed by atoms with E-state index in [4.69, 9.17) is 5.73 Å². The normalized spacial score (nSPS) is 22.9. The first-order chi connectivity index (χ1) is 13.1. The van der Waals surface area contributed by atoms with E-state index in [1.54, 1.807) is 0 Å². The number of aliphatic carboxylic acids is 3. The minimum Gasteiger partial charge on any atom is -0.481 e. The summed E-state index contributed by atoms with van der Waals surface area (Å²) in [5.41, 5.74) is 12.6. The third-order valence-electron chi connectivity index (χ3n) is 5.08. The molecule has 1 aliphatic rings. The number of primary amides is 1. The van der Waals surface area contributed by atoms with Gasteiger partial charge in [0.25, 0.3) is 0 Å². The Balaban J connectivity index is 0.00000784. The maximum absolute atomic E-state index is 11.8. The molecule has 9 N–H and O–H groups in total. The number of hydrazine groups is 3. The van der Waals surface area contributed by atoms with Crippen molar-refractivity contribution in [3.05, 3.63) is 0 Å². The minimum absolute atomic E-state index is 0. The van der Waals surface area contributed by atoms with Gasteiger partial charge in [0.1, 0.15) is 0 Å². The first-order valence-electron chi connectivity index (χ1n) is 9.06. The zero-order chi connectivity index (χ0) is 21.2. The van der Waals surface area contributed by atoms with Crippen molar-refractivity contribution >= 4 is 23.8 Å². The van der Waals surface area contributed by atoms with E-state index in [-0.39, 0.29) is 46.4 Å². The number of carbonyl (C=O) groups is 4. The number of hydrogen-bond acceptors (Lipinski definition) is 8. The Bertz CT molecular complexity index is 508. The molecule has 1 rings (SSSR count). The van der Waals surface area contributed by atoms with E-state index in [0.29, 0.717) is 19.4 Å². The van der Waals surface area contributed by atoms with Crippen molar-refractivity contribution in [2.45, 2.75) is 63.3 Å². The topological polar surface area (TPSA) is 203 Å². The van der Waals surface area contributed by atoms with Crippen LogP contribution in [0.3, 0.4) is 0 Å². The molecular weight excluding hydrogens is 531 g/mol. The standard InChI is InChI=1S/C16H29N5O7.Gd/c17-11(22)7-15(8-12(23)24)5-3-1-2-4-6-18-20-21-19-16(15,9-13(25)26)10-14(27)28;/h18-21H,1-10H2,(H2,17,22)(H,23,24)(H,25,26)(H,27,28);. The fourth-order valence-electron chi connectivity index (χ4n) is 3.90. The van der Waals surface area contributed by atoms with Crippen LogP contribution in [0, 0.1) is 45.4 Å². The third kappa shape index (κ3) is 9.16. The summed E-state index contributed by atoms with van der Waals surface area (Å²) in [5, 5.41) is 28.5. The van der Waals surface area contributed by atoms with Crippen LogP contribution in [0.1, 0.15) is 57.8 Å². The molecule has 0 saturated carbocycles. The van der Waals surface area contributed by atoms with Gasteiger partial charge in [0, 0.05) is 58.3 Å². The predicted molar refractivity (Wildman–Crippen MR) is 96.2 cm³/mol. The molecule has 0 aliphatic carbocycles. The number of carboxylic acid groups (broad SMARTS) is 3. The summed E-state index contributed by atoms with van der Waals surface area (Å²) in [5.74, 6) is -4.78. The molecule has 1 aliphatic heterocycles. The van der Waals surface area contributed by atoms with E-state index in [1.165, 1.54) is 0 Å². The molecule has 1 unspecified atom stereocenters. The Kier molecular flexibility index (Phi) is 12.9. The third-order valence-corrected chi connectivity index (χ3v) is 5.08. The van der Waals surface area contributed by atoms with Crippen LogP contribution < -0.4 is 27.7 Å². The number of nitrogens with two attached hydrogens (primary N) is 1. The Hall–Kier alpha value is -0.955. The summed E-state index contributed by atoms with van der Waals surface area (Å²) < 4.78 is 0. The molecule has 1 amide bonds. The van der Waals surface area contributed by atoms with Crippen LogP contribution >= 0.6 is 0 Å². The fraction of sp³-hybridized carbons (Fsp3) is 0.750. The van der Waals surface area contributed by atoms with Crippen molar-refractivity contribution < 1.29 is 74.4 Å². The van der Waals surface area contributed by atoms with Gasteiger partial charge in [-0.05, 0) is 12.8 Å². The Morgan fingerprint density at radius 1 is 0.793 bits per heavy atom. The molecule has 1 saturated heterocycles. The van der Waals surface area contributed by atoms with E-state index >= 15 is 0 Å². The van der Waals surface area contributed by atoms with Gasteiger partial charge in [0.2, 0.25) is 5.91 Å². The second kappa shape index (κ2) is 13.4. The largest absolute Gasteiger partial charge is 0.481 e. The minimum atomic E-state index is -1.80. The van der Waals surface area contributed by atoms with Crippen molar-refractivity contribution in [3.63, 3.8) is 0 Å². The van der Waals surface area contributed by atoms with Crippen LogP contribution in [0.5, 0.6) is 0 Å². The van der Waals surface area contributed by atoms with Gasteiger partial charge in [0.15, 0.2) is 0 Å². The molecular formula is C16H29GdN5O7. The van der Waals surface area contributed by atoms with Crippen LogP contribution in [-0.2, 0) is 19.2 Å².